The molecule has 0 spiro atoms. The third kappa shape index (κ3) is 3.75. The number of hydrogen-bond acceptors (Lipinski definition) is 3. The van der Waals surface area contributed by atoms with Gasteiger partial charge in [-0.1, -0.05) is 48.0 Å². The van der Waals surface area contributed by atoms with Crippen LogP contribution in [0.3, 0.4) is 0 Å². The third-order valence-corrected chi connectivity index (χ3v) is 5.29. The summed E-state index contributed by atoms with van der Waals surface area (Å²) in [6, 6.07) is 15.4. The predicted molar refractivity (Wildman–Crippen MR) is 108 cm³/mol. The first kappa shape index (κ1) is 20.9. The van der Waals surface area contributed by atoms with Gasteiger partial charge in [0.15, 0.2) is 0 Å². The molecule has 158 valence electrons. The lowest BCUT2D eigenvalue weighted by atomic mass is 9.98. The molecule has 1 heterocycles. The van der Waals surface area contributed by atoms with Gasteiger partial charge in [-0.25, -0.2) is 15.2 Å². The van der Waals surface area contributed by atoms with Crippen LogP contribution in [0.25, 0.3) is 0 Å². The largest absolute Gasteiger partial charge is 0.478 e. The second kappa shape index (κ2) is 7.72. The highest BCUT2D eigenvalue weighted by molar-refractivity contribution is 6.34. The molecule has 0 saturated carbocycles. The fourth-order valence-electron chi connectivity index (χ4n) is 3.53. The Morgan fingerprint density at radius 2 is 1.65 bits per heavy atom. The summed E-state index contributed by atoms with van der Waals surface area (Å²) >= 11 is 6.01. The van der Waals surface area contributed by atoms with Gasteiger partial charge in [-0.15, -0.1) is 0 Å². The van der Waals surface area contributed by atoms with Gasteiger partial charge in [0.25, 0.3) is 5.91 Å². The van der Waals surface area contributed by atoms with Crippen molar-refractivity contribution in [3.8, 4) is 0 Å². The number of alkyl halides is 3. The van der Waals surface area contributed by atoms with Crippen molar-refractivity contribution >= 4 is 29.2 Å². The van der Waals surface area contributed by atoms with Gasteiger partial charge in [0.1, 0.15) is 0 Å². The fraction of sp³-hybridized carbons (Fsp3) is 0.0909. The van der Waals surface area contributed by atoms with E-state index in [1.807, 2.05) is 0 Å². The van der Waals surface area contributed by atoms with Crippen molar-refractivity contribution in [3.63, 3.8) is 0 Å². The normalized spacial score (nSPS) is 15.6. The molecule has 3 aromatic rings. The molecule has 0 saturated heterocycles. The van der Waals surface area contributed by atoms with Crippen LogP contribution in [0.5, 0.6) is 0 Å². The molecule has 2 N–H and O–H groups in total. The van der Waals surface area contributed by atoms with Crippen molar-refractivity contribution < 1.29 is 27.9 Å². The molecule has 31 heavy (non-hydrogen) atoms. The summed E-state index contributed by atoms with van der Waals surface area (Å²) in [5.74, 6) is -2.03. The Balaban J connectivity index is 1.77. The Kier molecular flexibility index (Phi) is 5.20. The van der Waals surface area contributed by atoms with Gasteiger partial charge in [0, 0.05) is 5.56 Å². The third-order valence-electron chi connectivity index (χ3n) is 4.97. The van der Waals surface area contributed by atoms with Gasteiger partial charge >= 0.3 is 12.1 Å². The number of halogens is 4. The highest BCUT2D eigenvalue weighted by Crippen LogP contribution is 2.40. The number of carboxylic acid groups (broad SMARTS) is 1. The van der Waals surface area contributed by atoms with E-state index < -0.39 is 35.2 Å². The Labute approximate surface area is 179 Å². The number of hydrazine groups is 1. The lowest BCUT2D eigenvalue weighted by Crippen LogP contribution is -2.41. The van der Waals surface area contributed by atoms with Gasteiger partial charge in [-0.3, -0.25) is 4.79 Å². The summed E-state index contributed by atoms with van der Waals surface area (Å²) in [6.45, 7) is 0. The Morgan fingerprint density at radius 1 is 0.968 bits per heavy atom. The molecule has 0 aromatic heterocycles. The van der Waals surface area contributed by atoms with E-state index in [0.29, 0.717) is 16.8 Å². The average molecular weight is 447 g/mol. The monoisotopic (exact) mass is 446 g/mol. The van der Waals surface area contributed by atoms with Crippen molar-refractivity contribution in [1.29, 1.82) is 0 Å². The molecule has 5 nitrogen and oxygen atoms in total. The number of hydrogen-bond donors (Lipinski definition) is 2. The summed E-state index contributed by atoms with van der Waals surface area (Å²) in [4.78, 5) is 24.3. The molecule has 0 radical (unpaired) electrons. The number of nitrogens with one attached hydrogen (secondary N) is 1. The summed E-state index contributed by atoms with van der Waals surface area (Å²) < 4.78 is 40.6. The van der Waals surface area contributed by atoms with Crippen LogP contribution in [-0.4, -0.2) is 17.0 Å². The first-order valence-corrected chi connectivity index (χ1v) is 9.45. The number of aromatic carboxylic acids is 1. The highest BCUT2D eigenvalue weighted by Gasteiger charge is 2.40. The molecular weight excluding hydrogens is 433 g/mol. The first-order chi connectivity index (χ1) is 14.7. The summed E-state index contributed by atoms with van der Waals surface area (Å²) in [5.41, 5.74) is 2.93. The topological polar surface area (TPSA) is 69.6 Å². The first-order valence-electron chi connectivity index (χ1n) is 9.07. The molecule has 0 bridgehead atoms. The van der Waals surface area contributed by atoms with E-state index in [1.54, 1.807) is 36.4 Å². The van der Waals surface area contributed by atoms with Crippen LogP contribution in [0, 0.1) is 0 Å². The molecule has 1 amide bonds. The zero-order valence-electron chi connectivity index (χ0n) is 15.7. The maximum absolute atomic E-state index is 13.5. The van der Waals surface area contributed by atoms with Crippen LogP contribution >= 0.6 is 11.6 Å². The lowest BCUT2D eigenvalue weighted by Gasteiger charge is -2.22. The molecule has 1 atom stereocenters. The second-order valence-electron chi connectivity index (χ2n) is 6.85. The number of rotatable bonds is 3. The smallest absolute Gasteiger partial charge is 0.417 e. The molecule has 3 aromatic carbocycles. The number of carbonyl (C=O) groups excluding carboxylic acids is 1. The van der Waals surface area contributed by atoms with Gasteiger partial charge < -0.3 is 5.11 Å². The van der Waals surface area contributed by atoms with E-state index in [1.165, 1.54) is 18.2 Å². The maximum atomic E-state index is 13.5. The van der Waals surface area contributed by atoms with Crippen LogP contribution in [-0.2, 0) is 6.18 Å². The lowest BCUT2D eigenvalue weighted by molar-refractivity contribution is -0.137. The number of para-hydroxylation sites is 1. The zero-order chi connectivity index (χ0) is 22.3. The van der Waals surface area contributed by atoms with Gasteiger partial charge in [-0.05, 0) is 35.9 Å². The molecule has 0 fully saturated rings. The molecule has 1 aliphatic rings. The number of anilines is 1. The molecule has 4 rings (SSSR count). The summed E-state index contributed by atoms with van der Waals surface area (Å²) in [5, 5.41) is 9.82. The molecule has 9 heteroatoms. The van der Waals surface area contributed by atoms with E-state index in [2.05, 4.69) is 5.43 Å². The summed E-state index contributed by atoms with van der Waals surface area (Å²) in [7, 11) is 0. The number of benzene rings is 3. The number of fused-ring (bicyclic) bond motifs is 1. The molecule has 0 aliphatic carbocycles. The van der Waals surface area contributed by atoms with E-state index >= 15 is 0 Å². The van der Waals surface area contributed by atoms with Crippen LogP contribution < -0.4 is 10.4 Å². The quantitative estimate of drug-likeness (QED) is 0.572. The second-order valence-corrected chi connectivity index (χ2v) is 7.26. The van der Waals surface area contributed by atoms with Crippen LogP contribution in [0.4, 0.5) is 18.9 Å². The standard InChI is InChI=1S/C22H14ClF3N2O3/c23-16-6-3-5-15(22(24,25)26)18(16)20(29)28-17-7-2-1-4-14(17)19(27-28)12-8-10-13(11-9-12)21(30)31/h1-11,19,27H,(H,30,31). The SMILES string of the molecule is O=C(O)c1ccc(C2NN(C(=O)c3c(Cl)cccc3C(F)(F)F)c3ccccc32)cc1. The van der Waals surface area contributed by atoms with Crippen molar-refractivity contribution in [3.05, 3.63) is 99.6 Å². The minimum Gasteiger partial charge on any atom is -0.478 e. The van der Waals surface area contributed by atoms with Crippen molar-refractivity contribution in [2.75, 3.05) is 5.01 Å². The van der Waals surface area contributed by atoms with E-state index in [4.69, 9.17) is 16.7 Å². The van der Waals surface area contributed by atoms with Gasteiger partial charge in [0.2, 0.25) is 0 Å². The summed E-state index contributed by atoms with van der Waals surface area (Å²) in [6.07, 6.45) is -4.76. The van der Waals surface area contributed by atoms with Crippen LogP contribution in [0.2, 0.25) is 5.02 Å². The number of amides is 1. The van der Waals surface area contributed by atoms with Gasteiger partial charge in [-0.2, -0.15) is 13.2 Å². The van der Waals surface area contributed by atoms with Crippen molar-refractivity contribution in [1.82, 2.24) is 5.43 Å². The molecular formula is C22H14ClF3N2O3. The number of nitrogens with zero attached hydrogens (tertiary/aromatic N) is 1. The number of carbonyl (C=O) groups is 2. The average Bonchev–Trinajstić information content (AvgIpc) is 3.12. The zero-order valence-corrected chi connectivity index (χ0v) is 16.4. The van der Waals surface area contributed by atoms with Crippen molar-refractivity contribution in [2.45, 2.75) is 12.2 Å². The molecule has 1 unspecified atom stereocenters. The predicted octanol–water partition coefficient (Wildman–Crippen LogP) is 5.31. The Morgan fingerprint density at radius 3 is 2.29 bits per heavy atom. The highest BCUT2D eigenvalue weighted by atomic mass is 35.5. The number of carboxylic acids is 1. The minimum absolute atomic E-state index is 0.0915. The van der Waals surface area contributed by atoms with Crippen LogP contribution in [0.15, 0.2) is 66.7 Å². The van der Waals surface area contributed by atoms with Gasteiger partial charge in [0.05, 0.1) is 33.4 Å². The van der Waals surface area contributed by atoms with E-state index in [9.17, 15) is 22.8 Å². The van der Waals surface area contributed by atoms with E-state index in [-0.39, 0.29) is 10.6 Å². The van der Waals surface area contributed by atoms with E-state index in [0.717, 1.165) is 17.1 Å². The van der Waals surface area contributed by atoms with Crippen LogP contribution in [0.1, 0.15) is 43.4 Å². The Hall–Kier alpha value is -3.36. The maximum Gasteiger partial charge on any atom is 0.417 e. The minimum atomic E-state index is -4.76. The Bertz CT molecular complexity index is 1180. The van der Waals surface area contributed by atoms with Crippen molar-refractivity contribution in [2.24, 2.45) is 0 Å². The molecule has 1 aliphatic heterocycles. The fourth-order valence-corrected chi connectivity index (χ4v) is 3.79.